The molecule has 8 heteroatoms. The van der Waals surface area contributed by atoms with Crippen LogP contribution < -0.4 is 0 Å². The molecule has 2 aromatic heterocycles. The van der Waals surface area contributed by atoms with E-state index >= 15 is 0 Å². The van der Waals surface area contributed by atoms with Gasteiger partial charge >= 0.3 is 5.97 Å². The molecule has 0 saturated carbocycles. The molecule has 2 rings (SSSR count). The van der Waals surface area contributed by atoms with Crippen LogP contribution in [0.3, 0.4) is 0 Å². The number of thioether (sulfide) groups is 1. The number of carboxylic acid groups (broad SMARTS) is 1. The first-order chi connectivity index (χ1) is 8.72. The van der Waals surface area contributed by atoms with Gasteiger partial charge in [-0.25, -0.2) is 4.98 Å². The summed E-state index contributed by atoms with van der Waals surface area (Å²) in [4.78, 5) is 14.7. The average Bonchev–Trinajstić information content (AvgIpc) is 2.80. The third-order valence-corrected chi connectivity index (χ3v) is 2.96. The molecule has 0 atom stereocenters. The number of rotatable bonds is 5. The average molecular weight is 266 g/mol. The van der Waals surface area contributed by atoms with Crippen molar-refractivity contribution in [3.05, 3.63) is 30.2 Å². The highest BCUT2D eigenvalue weighted by Gasteiger charge is 2.15. The molecule has 0 aliphatic heterocycles. The van der Waals surface area contributed by atoms with Gasteiger partial charge in [0, 0.05) is 6.20 Å². The summed E-state index contributed by atoms with van der Waals surface area (Å²) < 4.78 is 1.54. The van der Waals surface area contributed by atoms with Gasteiger partial charge in [0.25, 0.3) is 0 Å². The van der Waals surface area contributed by atoms with Crippen molar-refractivity contribution in [2.75, 3.05) is 5.75 Å². The number of aliphatic hydroxyl groups excluding tert-OH is 1. The lowest BCUT2D eigenvalue weighted by molar-refractivity contribution is -0.133. The Morgan fingerprint density at radius 2 is 2.22 bits per heavy atom. The minimum atomic E-state index is -0.943. The smallest absolute Gasteiger partial charge is 0.313 e. The van der Waals surface area contributed by atoms with Crippen LogP contribution in [-0.4, -0.2) is 41.7 Å². The third-order valence-electron chi connectivity index (χ3n) is 2.04. The lowest BCUT2D eigenvalue weighted by Gasteiger charge is -2.06. The van der Waals surface area contributed by atoms with Crippen molar-refractivity contribution in [1.29, 1.82) is 0 Å². The summed E-state index contributed by atoms with van der Waals surface area (Å²) in [6.45, 7) is -0.294. The van der Waals surface area contributed by atoms with Gasteiger partial charge < -0.3 is 10.2 Å². The predicted octanol–water partition coefficient (Wildman–Crippen LogP) is 0.331. The van der Waals surface area contributed by atoms with E-state index in [1.165, 1.54) is 4.57 Å². The topological polar surface area (TPSA) is 101 Å². The number of pyridine rings is 1. The van der Waals surface area contributed by atoms with Gasteiger partial charge in [-0.1, -0.05) is 17.8 Å². The molecule has 0 aliphatic carbocycles. The van der Waals surface area contributed by atoms with E-state index in [4.69, 9.17) is 5.11 Å². The minimum absolute atomic E-state index is 0.129. The largest absolute Gasteiger partial charge is 0.481 e. The molecule has 0 spiro atoms. The van der Waals surface area contributed by atoms with Crippen molar-refractivity contribution in [1.82, 2.24) is 19.7 Å². The molecule has 0 aromatic carbocycles. The molecule has 0 amide bonds. The summed E-state index contributed by atoms with van der Waals surface area (Å²) in [6, 6.07) is 5.28. The minimum Gasteiger partial charge on any atom is -0.481 e. The highest BCUT2D eigenvalue weighted by molar-refractivity contribution is 7.99. The van der Waals surface area contributed by atoms with Gasteiger partial charge in [0.05, 0.1) is 5.75 Å². The van der Waals surface area contributed by atoms with Crippen LogP contribution >= 0.6 is 11.8 Å². The SMILES string of the molecule is O=C(O)CSc1nnc(CO)n1-c1ccccn1. The van der Waals surface area contributed by atoms with Crippen molar-refractivity contribution in [3.8, 4) is 5.82 Å². The van der Waals surface area contributed by atoms with Crippen molar-refractivity contribution < 1.29 is 15.0 Å². The molecule has 7 nitrogen and oxygen atoms in total. The fourth-order valence-electron chi connectivity index (χ4n) is 1.34. The van der Waals surface area contributed by atoms with Crippen LogP contribution in [0.5, 0.6) is 0 Å². The Kier molecular flexibility index (Phi) is 3.90. The van der Waals surface area contributed by atoms with Crippen LogP contribution in [0.25, 0.3) is 5.82 Å². The van der Waals surface area contributed by atoms with Crippen LogP contribution in [0, 0.1) is 0 Å². The second kappa shape index (κ2) is 5.61. The number of aromatic nitrogens is 4. The molecule has 94 valence electrons. The monoisotopic (exact) mass is 266 g/mol. The van der Waals surface area contributed by atoms with Crippen LogP contribution in [0.4, 0.5) is 0 Å². The van der Waals surface area contributed by atoms with Gasteiger partial charge in [-0.3, -0.25) is 9.36 Å². The van der Waals surface area contributed by atoms with E-state index in [1.54, 1.807) is 24.4 Å². The molecule has 0 unspecified atom stereocenters. The molecule has 0 fully saturated rings. The number of hydrogen-bond donors (Lipinski definition) is 2. The zero-order chi connectivity index (χ0) is 13.0. The van der Waals surface area contributed by atoms with Gasteiger partial charge in [-0.05, 0) is 12.1 Å². The maximum atomic E-state index is 10.6. The van der Waals surface area contributed by atoms with Crippen LogP contribution in [0.1, 0.15) is 5.82 Å². The molecular formula is C10H10N4O3S. The quantitative estimate of drug-likeness (QED) is 0.752. The van der Waals surface area contributed by atoms with Crippen molar-refractivity contribution in [2.24, 2.45) is 0 Å². The highest BCUT2D eigenvalue weighted by Crippen LogP contribution is 2.20. The fraction of sp³-hybridized carbons (Fsp3) is 0.200. The highest BCUT2D eigenvalue weighted by atomic mass is 32.2. The summed E-state index contributed by atoms with van der Waals surface area (Å²) in [7, 11) is 0. The second-order valence-corrected chi connectivity index (χ2v) is 4.21. The van der Waals surface area contributed by atoms with Gasteiger partial charge in [0.1, 0.15) is 12.4 Å². The van der Waals surface area contributed by atoms with Crippen molar-refractivity contribution in [3.63, 3.8) is 0 Å². The first-order valence-electron chi connectivity index (χ1n) is 5.03. The molecule has 2 heterocycles. The van der Waals surface area contributed by atoms with Crippen LogP contribution in [0.15, 0.2) is 29.6 Å². The Hall–Kier alpha value is -1.93. The summed E-state index contributed by atoms with van der Waals surface area (Å²) in [5, 5.41) is 25.9. The molecule has 0 radical (unpaired) electrons. The standard InChI is InChI=1S/C10H10N4O3S/c15-5-8-12-13-10(18-6-9(16)17)14(8)7-3-1-2-4-11-7/h1-4,15H,5-6H2,(H,16,17). The van der Waals surface area contributed by atoms with Crippen molar-refractivity contribution in [2.45, 2.75) is 11.8 Å². The Morgan fingerprint density at radius 1 is 1.39 bits per heavy atom. The lowest BCUT2D eigenvalue weighted by atomic mass is 10.4. The van der Waals surface area contributed by atoms with E-state index < -0.39 is 5.97 Å². The van der Waals surface area contributed by atoms with E-state index in [2.05, 4.69) is 15.2 Å². The number of aliphatic carboxylic acids is 1. The molecular weight excluding hydrogens is 256 g/mol. The van der Waals surface area contributed by atoms with E-state index in [0.717, 1.165) is 11.8 Å². The van der Waals surface area contributed by atoms with Crippen molar-refractivity contribution >= 4 is 17.7 Å². The molecule has 18 heavy (non-hydrogen) atoms. The van der Waals surface area contributed by atoms with Gasteiger partial charge in [-0.2, -0.15) is 0 Å². The number of aliphatic hydroxyl groups is 1. The molecule has 2 N–H and O–H groups in total. The van der Waals surface area contributed by atoms with E-state index in [0.29, 0.717) is 16.8 Å². The van der Waals surface area contributed by atoms with Gasteiger partial charge in [-0.15, -0.1) is 10.2 Å². The summed E-state index contributed by atoms with van der Waals surface area (Å²) in [6.07, 6.45) is 1.60. The van der Waals surface area contributed by atoms with Gasteiger partial charge in [0.15, 0.2) is 11.0 Å². The number of carbonyl (C=O) groups is 1. The predicted molar refractivity (Wildman–Crippen MR) is 63.4 cm³/mol. The number of carboxylic acids is 1. The Labute approximate surface area is 107 Å². The molecule has 2 aromatic rings. The first kappa shape index (κ1) is 12.5. The Bertz CT molecular complexity index is 543. The molecule has 0 aliphatic rings. The van der Waals surface area contributed by atoms with E-state index in [9.17, 15) is 9.90 Å². The Balaban J connectivity index is 2.37. The lowest BCUT2D eigenvalue weighted by Crippen LogP contribution is -2.06. The zero-order valence-corrected chi connectivity index (χ0v) is 10.0. The van der Waals surface area contributed by atoms with E-state index in [-0.39, 0.29) is 12.4 Å². The van der Waals surface area contributed by atoms with Crippen LogP contribution in [-0.2, 0) is 11.4 Å². The molecule has 0 bridgehead atoms. The number of hydrogen-bond acceptors (Lipinski definition) is 6. The van der Waals surface area contributed by atoms with Crippen LogP contribution in [0.2, 0.25) is 0 Å². The second-order valence-electron chi connectivity index (χ2n) is 3.26. The summed E-state index contributed by atoms with van der Waals surface area (Å²) in [5.74, 6) is -0.210. The number of nitrogens with zero attached hydrogens (tertiary/aromatic N) is 4. The zero-order valence-electron chi connectivity index (χ0n) is 9.22. The maximum absolute atomic E-state index is 10.6. The molecule has 0 saturated heterocycles. The summed E-state index contributed by atoms with van der Waals surface area (Å²) in [5.41, 5.74) is 0. The first-order valence-corrected chi connectivity index (χ1v) is 6.02. The van der Waals surface area contributed by atoms with Gasteiger partial charge in [0.2, 0.25) is 0 Å². The Morgan fingerprint density at radius 3 is 2.83 bits per heavy atom. The maximum Gasteiger partial charge on any atom is 0.313 e. The normalized spacial score (nSPS) is 10.5. The summed E-state index contributed by atoms with van der Waals surface area (Å²) >= 11 is 1.02. The van der Waals surface area contributed by atoms with E-state index in [1.807, 2.05) is 0 Å². The third kappa shape index (κ3) is 2.66. The fourth-order valence-corrected chi connectivity index (χ4v) is 2.02.